The molecule has 0 spiro atoms. The van der Waals surface area contributed by atoms with E-state index in [1.165, 1.54) is 40.3 Å². The molecule has 1 N–H and O–H groups in total. The molecule has 2 heterocycles. The third-order valence-corrected chi connectivity index (χ3v) is 5.30. The number of anilines is 1. The molecule has 4 rings (SSSR count). The van der Waals surface area contributed by atoms with Crippen molar-refractivity contribution in [1.82, 2.24) is 14.8 Å². The zero-order chi connectivity index (χ0) is 21.1. The molecule has 0 radical (unpaired) electrons. The summed E-state index contributed by atoms with van der Waals surface area (Å²) in [7, 11) is 0. The third kappa shape index (κ3) is 4.33. The number of hydrogen-bond donors (Lipinski definition) is 1. The van der Waals surface area contributed by atoms with Crippen molar-refractivity contribution < 1.29 is 9.18 Å². The van der Waals surface area contributed by atoms with E-state index in [4.69, 9.17) is 0 Å². The first kappa shape index (κ1) is 19.7. The van der Waals surface area contributed by atoms with Crippen LogP contribution in [0.5, 0.6) is 0 Å². The van der Waals surface area contributed by atoms with Gasteiger partial charge in [-0.25, -0.2) is 14.1 Å². The van der Waals surface area contributed by atoms with Crippen LogP contribution in [0.3, 0.4) is 0 Å². The summed E-state index contributed by atoms with van der Waals surface area (Å²) in [5.74, 6) is -0.784. The Morgan fingerprint density at radius 3 is 2.53 bits per heavy atom. The molecule has 2 aromatic carbocycles. The van der Waals surface area contributed by atoms with E-state index in [0.717, 1.165) is 16.0 Å². The Kier molecular flexibility index (Phi) is 5.49. The molecule has 0 bridgehead atoms. The van der Waals surface area contributed by atoms with Gasteiger partial charge in [0.15, 0.2) is 5.13 Å². The molecule has 0 aliphatic carbocycles. The fourth-order valence-electron chi connectivity index (χ4n) is 2.93. The van der Waals surface area contributed by atoms with E-state index < -0.39 is 5.91 Å². The van der Waals surface area contributed by atoms with Gasteiger partial charge in [0.05, 0.1) is 12.2 Å². The topological polar surface area (TPSA) is 76.9 Å². The van der Waals surface area contributed by atoms with Crippen LogP contribution >= 0.6 is 11.3 Å². The van der Waals surface area contributed by atoms with Gasteiger partial charge in [0.25, 0.3) is 11.5 Å². The lowest BCUT2D eigenvalue weighted by Crippen LogP contribution is -2.26. The number of halogens is 1. The highest BCUT2D eigenvalue weighted by Crippen LogP contribution is 2.30. The highest BCUT2D eigenvalue weighted by molar-refractivity contribution is 7.16. The number of aromatic nitrogens is 3. The van der Waals surface area contributed by atoms with E-state index in [2.05, 4.69) is 15.4 Å². The molecule has 0 aliphatic heterocycles. The molecule has 2 aromatic heterocycles. The van der Waals surface area contributed by atoms with Crippen LogP contribution in [-0.4, -0.2) is 20.7 Å². The van der Waals surface area contributed by atoms with Crippen molar-refractivity contribution in [3.8, 4) is 11.3 Å². The van der Waals surface area contributed by atoms with Gasteiger partial charge in [0.2, 0.25) is 0 Å². The Bertz CT molecular complexity index is 1250. The Hall–Kier alpha value is -3.65. The number of thiazole rings is 1. The Morgan fingerprint density at radius 2 is 1.80 bits per heavy atom. The summed E-state index contributed by atoms with van der Waals surface area (Å²) in [6, 6.07) is 18.1. The van der Waals surface area contributed by atoms with Crippen LogP contribution in [-0.2, 0) is 6.54 Å². The van der Waals surface area contributed by atoms with Gasteiger partial charge in [-0.05, 0) is 42.8 Å². The number of rotatable bonds is 5. The number of amides is 1. The second-order valence-corrected chi connectivity index (χ2v) is 7.79. The van der Waals surface area contributed by atoms with Gasteiger partial charge in [-0.2, -0.15) is 5.10 Å². The first-order chi connectivity index (χ1) is 14.5. The van der Waals surface area contributed by atoms with Crippen LogP contribution in [0, 0.1) is 12.7 Å². The predicted molar refractivity (Wildman–Crippen MR) is 114 cm³/mol. The maximum Gasteiger partial charge on any atom is 0.277 e. The van der Waals surface area contributed by atoms with E-state index in [0.29, 0.717) is 10.8 Å². The van der Waals surface area contributed by atoms with Gasteiger partial charge < -0.3 is 0 Å². The summed E-state index contributed by atoms with van der Waals surface area (Å²) < 4.78 is 14.4. The minimum absolute atomic E-state index is 0.113. The van der Waals surface area contributed by atoms with Gasteiger partial charge in [0.1, 0.15) is 11.5 Å². The molecule has 8 heteroatoms. The van der Waals surface area contributed by atoms with Crippen LogP contribution in [0.1, 0.15) is 20.9 Å². The molecule has 0 unspecified atom stereocenters. The number of carbonyl (C=O) groups excluding carboxylic acids is 1. The Labute approximate surface area is 175 Å². The van der Waals surface area contributed by atoms with Gasteiger partial charge in [0, 0.05) is 16.5 Å². The van der Waals surface area contributed by atoms with Crippen LogP contribution in [0.4, 0.5) is 9.52 Å². The molecule has 0 aliphatic rings. The van der Waals surface area contributed by atoms with Gasteiger partial charge in [-0.3, -0.25) is 14.9 Å². The summed E-state index contributed by atoms with van der Waals surface area (Å²) in [5.41, 5.74) is 2.17. The molecule has 1 amide bonds. The van der Waals surface area contributed by atoms with Crippen LogP contribution in [0.25, 0.3) is 11.3 Å². The largest absolute Gasteiger partial charge is 0.296 e. The van der Waals surface area contributed by atoms with Crippen molar-refractivity contribution in [3.05, 3.63) is 99.0 Å². The fraction of sp³-hybridized carbons (Fsp3) is 0.0909. The minimum Gasteiger partial charge on any atom is -0.296 e. The Balaban J connectivity index is 1.54. The fourth-order valence-corrected chi connectivity index (χ4v) is 3.76. The number of benzene rings is 2. The predicted octanol–water partition coefficient (Wildman–Crippen LogP) is 4.11. The van der Waals surface area contributed by atoms with Crippen LogP contribution in [0.2, 0.25) is 0 Å². The summed E-state index contributed by atoms with van der Waals surface area (Å²) in [5, 5.41) is 7.32. The highest BCUT2D eigenvalue weighted by atomic mass is 32.1. The summed E-state index contributed by atoms with van der Waals surface area (Å²) in [6.45, 7) is 2.15. The van der Waals surface area contributed by atoms with E-state index >= 15 is 0 Å². The number of hydrogen-bond acceptors (Lipinski definition) is 5. The third-order valence-electron chi connectivity index (χ3n) is 4.41. The Morgan fingerprint density at radius 1 is 1.07 bits per heavy atom. The van der Waals surface area contributed by atoms with Crippen LogP contribution < -0.4 is 10.9 Å². The summed E-state index contributed by atoms with van der Waals surface area (Å²) in [6.07, 6.45) is 0. The standard InChI is InChI=1S/C22H17FN4O2S/c1-14-20(16-7-9-17(23)10-8-16)24-22(30-14)25-21(29)18-11-12-19(28)27(26-18)13-15-5-3-2-4-6-15/h2-12H,13H2,1H3,(H,24,25,29). The van der Waals surface area contributed by atoms with Gasteiger partial charge in [-0.15, -0.1) is 11.3 Å². The molecular formula is C22H17FN4O2S. The van der Waals surface area contributed by atoms with E-state index in [1.807, 2.05) is 37.3 Å². The lowest BCUT2D eigenvalue weighted by Gasteiger charge is -2.07. The van der Waals surface area contributed by atoms with E-state index in [-0.39, 0.29) is 23.6 Å². The average molecular weight is 420 g/mol. The lowest BCUT2D eigenvalue weighted by atomic mass is 10.1. The minimum atomic E-state index is -0.462. The summed E-state index contributed by atoms with van der Waals surface area (Å²) in [4.78, 5) is 30.1. The smallest absolute Gasteiger partial charge is 0.277 e. The first-order valence-corrected chi connectivity index (χ1v) is 9.98. The zero-order valence-electron chi connectivity index (χ0n) is 16.0. The van der Waals surface area contributed by atoms with Crippen molar-refractivity contribution >= 4 is 22.4 Å². The molecule has 0 saturated heterocycles. The average Bonchev–Trinajstić information content (AvgIpc) is 3.11. The second-order valence-electron chi connectivity index (χ2n) is 6.58. The number of nitrogens with one attached hydrogen (secondary N) is 1. The van der Waals surface area contributed by atoms with Gasteiger partial charge >= 0.3 is 0 Å². The van der Waals surface area contributed by atoms with Crippen molar-refractivity contribution in [2.45, 2.75) is 13.5 Å². The lowest BCUT2D eigenvalue weighted by molar-refractivity contribution is 0.102. The zero-order valence-corrected chi connectivity index (χ0v) is 16.8. The maximum absolute atomic E-state index is 13.2. The second kappa shape index (κ2) is 8.38. The van der Waals surface area contributed by atoms with Gasteiger partial charge in [-0.1, -0.05) is 30.3 Å². The molecule has 4 aromatic rings. The monoisotopic (exact) mass is 420 g/mol. The van der Waals surface area contributed by atoms with Crippen molar-refractivity contribution in [2.24, 2.45) is 0 Å². The molecular weight excluding hydrogens is 403 g/mol. The first-order valence-electron chi connectivity index (χ1n) is 9.16. The SMILES string of the molecule is Cc1sc(NC(=O)c2ccc(=O)n(Cc3ccccc3)n2)nc1-c1ccc(F)cc1. The molecule has 0 fully saturated rings. The van der Waals surface area contributed by atoms with Crippen LogP contribution in [0.15, 0.2) is 71.5 Å². The highest BCUT2D eigenvalue weighted by Gasteiger charge is 2.15. The summed E-state index contributed by atoms with van der Waals surface area (Å²) >= 11 is 1.31. The van der Waals surface area contributed by atoms with E-state index in [1.54, 1.807) is 12.1 Å². The number of aryl methyl sites for hydroxylation is 1. The van der Waals surface area contributed by atoms with Crippen molar-refractivity contribution in [2.75, 3.05) is 5.32 Å². The molecule has 150 valence electrons. The quantitative estimate of drug-likeness (QED) is 0.527. The number of carbonyl (C=O) groups is 1. The maximum atomic E-state index is 13.2. The van der Waals surface area contributed by atoms with E-state index in [9.17, 15) is 14.0 Å². The molecule has 30 heavy (non-hydrogen) atoms. The van der Waals surface area contributed by atoms with Crippen molar-refractivity contribution in [1.29, 1.82) is 0 Å². The number of nitrogens with zero attached hydrogens (tertiary/aromatic N) is 3. The molecule has 6 nitrogen and oxygen atoms in total. The van der Waals surface area contributed by atoms with Crippen molar-refractivity contribution in [3.63, 3.8) is 0 Å². The molecule has 0 atom stereocenters. The normalized spacial score (nSPS) is 10.7. The molecule has 0 saturated carbocycles.